The van der Waals surface area contributed by atoms with Crippen LogP contribution in [0.4, 0.5) is 0 Å². The van der Waals surface area contributed by atoms with Crippen LogP contribution in [0, 0.1) is 0 Å². The van der Waals surface area contributed by atoms with Gasteiger partial charge < -0.3 is 10.4 Å². The highest BCUT2D eigenvalue weighted by atomic mass is 16.4. The van der Waals surface area contributed by atoms with E-state index < -0.39 is 5.97 Å². The Morgan fingerprint density at radius 3 is 2.48 bits per heavy atom. The first kappa shape index (κ1) is 15.3. The Morgan fingerprint density at radius 1 is 1.24 bits per heavy atom. The summed E-state index contributed by atoms with van der Waals surface area (Å²) in [7, 11) is 0. The molecule has 5 nitrogen and oxygen atoms in total. The summed E-state index contributed by atoms with van der Waals surface area (Å²) in [4.78, 5) is 10.8. The molecule has 0 amide bonds. The van der Waals surface area contributed by atoms with Crippen LogP contribution < -0.4 is 5.32 Å². The normalized spacial score (nSPS) is 11.6. The molecule has 0 spiro atoms. The minimum atomic E-state index is -0.900. The van der Waals surface area contributed by atoms with Crippen molar-refractivity contribution in [3.8, 4) is 0 Å². The number of aromatic nitrogens is 2. The summed E-state index contributed by atoms with van der Waals surface area (Å²) in [6.07, 6.45) is 1.85. The molecule has 0 aliphatic carbocycles. The molecule has 3 N–H and O–H groups in total. The van der Waals surface area contributed by atoms with E-state index in [2.05, 4.69) is 36.3 Å². The van der Waals surface area contributed by atoms with Crippen molar-refractivity contribution >= 4 is 5.97 Å². The fourth-order valence-electron chi connectivity index (χ4n) is 2.20. The van der Waals surface area contributed by atoms with Crippen molar-refractivity contribution in [2.75, 3.05) is 0 Å². The smallest absolute Gasteiger partial charge is 0.335 e. The first-order valence-corrected chi connectivity index (χ1v) is 6.93. The highest BCUT2D eigenvalue weighted by Gasteiger charge is 2.19. The molecular weight excluding hydrogens is 266 g/mol. The largest absolute Gasteiger partial charge is 0.478 e. The van der Waals surface area contributed by atoms with Gasteiger partial charge >= 0.3 is 5.97 Å². The number of hydrogen-bond acceptors (Lipinski definition) is 3. The lowest BCUT2D eigenvalue weighted by Crippen LogP contribution is -2.19. The Morgan fingerprint density at radius 2 is 1.90 bits per heavy atom. The van der Waals surface area contributed by atoms with Crippen LogP contribution in [0.3, 0.4) is 0 Å². The molecule has 1 aromatic carbocycles. The number of rotatable bonds is 5. The van der Waals surface area contributed by atoms with E-state index in [0.29, 0.717) is 12.1 Å². The lowest BCUT2D eigenvalue weighted by atomic mass is 9.89. The van der Waals surface area contributed by atoms with Gasteiger partial charge in [-0.3, -0.25) is 5.10 Å². The highest BCUT2D eigenvalue weighted by molar-refractivity contribution is 5.87. The number of nitrogens with zero attached hydrogens (tertiary/aromatic N) is 1. The van der Waals surface area contributed by atoms with Gasteiger partial charge in [0, 0.05) is 29.8 Å². The van der Waals surface area contributed by atoms with Crippen molar-refractivity contribution in [1.29, 1.82) is 0 Å². The number of carbonyl (C=O) groups is 1. The fourth-order valence-corrected chi connectivity index (χ4v) is 2.20. The van der Waals surface area contributed by atoms with Crippen molar-refractivity contribution in [1.82, 2.24) is 15.5 Å². The molecule has 0 saturated heterocycles. The summed E-state index contributed by atoms with van der Waals surface area (Å²) in [5.41, 5.74) is 3.70. The van der Waals surface area contributed by atoms with Crippen molar-refractivity contribution in [2.24, 2.45) is 0 Å². The van der Waals surface area contributed by atoms with Crippen LogP contribution in [0.15, 0.2) is 30.5 Å². The second-order valence-corrected chi connectivity index (χ2v) is 6.13. The molecule has 2 aromatic rings. The van der Waals surface area contributed by atoms with Gasteiger partial charge in [-0.1, -0.05) is 32.9 Å². The Labute approximate surface area is 124 Å². The lowest BCUT2D eigenvalue weighted by Gasteiger charge is -2.18. The molecule has 0 unspecified atom stereocenters. The minimum Gasteiger partial charge on any atom is -0.478 e. The number of H-pyrrole nitrogens is 1. The van der Waals surface area contributed by atoms with E-state index in [1.807, 2.05) is 18.3 Å². The zero-order valence-corrected chi connectivity index (χ0v) is 12.6. The lowest BCUT2D eigenvalue weighted by molar-refractivity contribution is 0.0697. The van der Waals surface area contributed by atoms with Crippen LogP contribution in [-0.2, 0) is 18.5 Å². The molecule has 0 fully saturated rings. The van der Waals surface area contributed by atoms with Gasteiger partial charge in [-0.2, -0.15) is 5.10 Å². The molecule has 0 aliphatic rings. The molecule has 0 bridgehead atoms. The Kier molecular flexibility index (Phi) is 4.43. The summed E-state index contributed by atoms with van der Waals surface area (Å²) in [5.74, 6) is -0.900. The predicted molar refractivity (Wildman–Crippen MR) is 81.2 cm³/mol. The molecule has 0 atom stereocenters. The van der Waals surface area contributed by atoms with Crippen LogP contribution in [0.1, 0.15) is 48.0 Å². The van der Waals surface area contributed by atoms with Crippen molar-refractivity contribution in [3.63, 3.8) is 0 Å². The first-order valence-electron chi connectivity index (χ1n) is 6.93. The average Bonchev–Trinajstić information content (AvgIpc) is 2.88. The SMILES string of the molecule is CC(C)(C)c1[nH]ncc1CNCc1ccc(C(=O)O)cc1. The number of aromatic amines is 1. The van der Waals surface area contributed by atoms with Crippen LogP contribution in [0.2, 0.25) is 0 Å². The number of nitrogens with one attached hydrogen (secondary N) is 2. The zero-order chi connectivity index (χ0) is 15.5. The van der Waals surface area contributed by atoms with Crippen molar-refractivity contribution < 1.29 is 9.90 Å². The standard InChI is InChI=1S/C16H21N3O2/c1-16(2,3)14-13(10-18-19-14)9-17-8-11-4-6-12(7-5-11)15(20)21/h4-7,10,17H,8-9H2,1-3H3,(H,18,19)(H,20,21). The summed E-state index contributed by atoms with van der Waals surface area (Å²) in [6.45, 7) is 7.86. The summed E-state index contributed by atoms with van der Waals surface area (Å²) >= 11 is 0. The third kappa shape index (κ3) is 3.92. The van der Waals surface area contributed by atoms with Gasteiger partial charge in [-0.25, -0.2) is 4.79 Å². The topological polar surface area (TPSA) is 78.0 Å². The Balaban J connectivity index is 1.93. The number of carboxylic acids is 1. The average molecular weight is 287 g/mol. The number of benzene rings is 1. The number of carboxylic acid groups (broad SMARTS) is 1. The highest BCUT2D eigenvalue weighted by Crippen LogP contribution is 2.23. The van der Waals surface area contributed by atoms with E-state index in [1.54, 1.807) is 12.1 Å². The monoisotopic (exact) mass is 287 g/mol. The maximum absolute atomic E-state index is 10.8. The molecule has 0 aliphatic heterocycles. The molecule has 1 aromatic heterocycles. The molecule has 0 radical (unpaired) electrons. The second-order valence-electron chi connectivity index (χ2n) is 6.13. The maximum atomic E-state index is 10.8. The van der Waals surface area contributed by atoms with E-state index in [-0.39, 0.29) is 5.41 Å². The molecular formula is C16H21N3O2. The fraction of sp³-hybridized carbons (Fsp3) is 0.375. The predicted octanol–water partition coefficient (Wildman–Crippen LogP) is 2.70. The summed E-state index contributed by atoms with van der Waals surface area (Å²) in [6, 6.07) is 6.91. The third-order valence-corrected chi connectivity index (χ3v) is 3.31. The minimum absolute atomic E-state index is 0.0383. The molecule has 2 rings (SSSR count). The van der Waals surface area contributed by atoms with Crippen LogP contribution >= 0.6 is 0 Å². The Bertz CT molecular complexity index is 609. The van der Waals surface area contributed by atoms with E-state index in [4.69, 9.17) is 5.11 Å². The van der Waals surface area contributed by atoms with Crippen LogP contribution in [0.5, 0.6) is 0 Å². The van der Waals surface area contributed by atoms with E-state index in [0.717, 1.165) is 23.4 Å². The van der Waals surface area contributed by atoms with Crippen LogP contribution in [0.25, 0.3) is 0 Å². The summed E-state index contributed by atoms with van der Waals surface area (Å²) < 4.78 is 0. The van der Waals surface area contributed by atoms with Gasteiger partial charge in [0.25, 0.3) is 0 Å². The van der Waals surface area contributed by atoms with Crippen molar-refractivity contribution in [3.05, 3.63) is 52.8 Å². The molecule has 1 heterocycles. The van der Waals surface area contributed by atoms with Gasteiger partial charge in [0.05, 0.1) is 11.8 Å². The van der Waals surface area contributed by atoms with Gasteiger partial charge in [-0.15, -0.1) is 0 Å². The van der Waals surface area contributed by atoms with Gasteiger partial charge in [0.15, 0.2) is 0 Å². The quantitative estimate of drug-likeness (QED) is 0.790. The molecule has 0 saturated carbocycles. The van der Waals surface area contributed by atoms with E-state index >= 15 is 0 Å². The molecule has 5 heteroatoms. The van der Waals surface area contributed by atoms with Gasteiger partial charge in [0.2, 0.25) is 0 Å². The molecule has 112 valence electrons. The third-order valence-electron chi connectivity index (χ3n) is 3.31. The molecule has 21 heavy (non-hydrogen) atoms. The first-order chi connectivity index (χ1) is 9.88. The summed E-state index contributed by atoms with van der Waals surface area (Å²) in [5, 5.41) is 19.4. The maximum Gasteiger partial charge on any atom is 0.335 e. The van der Waals surface area contributed by atoms with E-state index in [9.17, 15) is 4.79 Å². The van der Waals surface area contributed by atoms with Gasteiger partial charge in [0.1, 0.15) is 0 Å². The van der Waals surface area contributed by atoms with Crippen molar-refractivity contribution in [2.45, 2.75) is 39.3 Å². The van der Waals surface area contributed by atoms with E-state index in [1.165, 1.54) is 0 Å². The van der Waals surface area contributed by atoms with Gasteiger partial charge in [-0.05, 0) is 17.7 Å². The Hall–Kier alpha value is -2.14. The van der Waals surface area contributed by atoms with Crippen LogP contribution in [-0.4, -0.2) is 21.3 Å². The second kappa shape index (κ2) is 6.10. The zero-order valence-electron chi connectivity index (χ0n) is 12.6. The number of aromatic carboxylic acids is 1. The number of hydrogen-bond donors (Lipinski definition) is 3.